The summed E-state index contributed by atoms with van der Waals surface area (Å²) in [6.45, 7) is 11.2. The third-order valence-electron chi connectivity index (χ3n) is 3.80. The van der Waals surface area contributed by atoms with Crippen molar-refractivity contribution >= 4 is 14.0 Å². The molecule has 8 nitrogen and oxygen atoms in total. The molecular formula is C15H32N4O4P-. The highest BCUT2D eigenvalue weighted by molar-refractivity contribution is 7.53. The minimum atomic E-state index is -3.03. The molecule has 0 atom stereocenters. The summed E-state index contributed by atoms with van der Waals surface area (Å²) >= 11 is 0. The maximum Gasteiger partial charge on any atom is 0.331 e. The summed E-state index contributed by atoms with van der Waals surface area (Å²) < 4.78 is 23.3. The van der Waals surface area contributed by atoms with Gasteiger partial charge in [-0.25, -0.2) is 0 Å². The van der Waals surface area contributed by atoms with E-state index in [9.17, 15) is 9.36 Å². The van der Waals surface area contributed by atoms with Gasteiger partial charge in [-0.15, -0.1) is 0 Å². The van der Waals surface area contributed by atoms with E-state index in [4.69, 9.17) is 9.05 Å². The van der Waals surface area contributed by atoms with Gasteiger partial charge in [0.15, 0.2) is 0 Å². The largest absolute Gasteiger partial charge is 0.520 e. The monoisotopic (exact) mass is 363 g/mol. The summed E-state index contributed by atoms with van der Waals surface area (Å²) in [4.78, 5) is 14.9. The van der Waals surface area contributed by atoms with Crippen LogP contribution in [0.25, 0.3) is 0 Å². The first-order valence-corrected chi connectivity index (χ1v) is 10.5. The quantitative estimate of drug-likeness (QED) is 0.468. The van der Waals surface area contributed by atoms with E-state index in [0.717, 1.165) is 39.3 Å². The second kappa shape index (κ2) is 12.8. The number of rotatable bonds is 8. The zero-order valence-corrected chi connectivity index (χ0v) is 15.9. The minimum absolute atomic E-state index is 0.362. The van der Waals surface area contributed by atoms with E-state index in [1.807, 2.05) is 20.3 Å². The van der Waals surface area contributed by atoms with Gasteiger partial charge in [-0.3, -0.25) is 9.46 Å². The molecule has 1 saturated heterocycles. The SMILES string of the molecule is CCOP(=O)(CCN1CCNCCNCCN([C-]=O)CC1)OCC. The first-order chi connectivity index (χ1) is 11.6. The van der Waals surface area contributed by atoms with Crippen LogP contribution < -0.4 is 10.6 Å². The van der Waals surface area contributed by atoms with Crippen LogP contribution in [-0.4, -0.2) is 94.5 Å². The average Bonchev–Trinajstić information content (AvgIpc) is 2.55. The maximum absolute atomic E-state index is 12.6. The van der Waals surface area contributed by atoms with Crippen molar-refractivity contribution in [3.8, 4) is 0 Å². The van der Waals surface area contributed by atoms with Gasteiger partial charge in [0, 0.05) is 58.9 Å². The van der Waals surface area contributed by atoms with Gasteiger partial charge >= 0.3 is 7.60 Å². The van der Waals surface area contributed by atoms with Crippen molar-refractivity contribution in [1.29, 1.82) is 0 Å². The molecule has 142 valence electrons. The number of nitrogens with one attached hydrogen (secondary N) is 2. The Morgan fingerprint density at radius 1 is 0.958 bits per heavy atom. The Balaban J connectivity index is 2.55. The Hall–Kier alpha value is -0.500. The molecule has 1 heterocycles. The lowest BCUT2D eigenvalue weighted by Gasteiger charge is -2.33. The van der Waals surface area contributed by atoms with Gasteiger partial charge in [-0.05, 0) is 13.8 Å². The lowest BCUT2D eigenvalue weighted by atomic mass is 10.4. The Kier molecular flexibility index (Phi) is 11.5. The Bertz CT molecular complexity index is 376. The molecular weight excluding hydrogens is 331 g/mol. The molecule has 1 fully saturated rings. The van der Waals surface area contributed by atoms with Crippen LogP contribution >= 0.6 is 7.60 Å². The molecule has 0 aromatic heterocycles. The normalized spacial score (nSPS) is 19.5. The Morgan fingerprint density at radius 2 is 1.58 bits per heavy atom. The van der Waals surface area contributed by atoms with Crippen molar-refractivity contribution in [2.45, 2.75) is 13.8 Å². The third kappa shape index (κ3) is 9.11. The lowest BCUT2D eigenvalue weighted by molar-refractivity contribution is 0.207. The van der Waals surface area contributed by atoms with E-state index in [1.54, 1.807) is 4.90 Å². The summed E-state index contributed by atoms with van der Waals surface area (Å²) in [6.07, 6.45) is 2.35. The second-order valence-corrected chi connectivity index (χ2v) is 7.78. The van der Waals surface area contributed by atoms with Gasteiger partial charge in [0.1, 0.15) is 0 Å². The summed E-state index contributed by atoms with van der Waals surface area (Å²) in [5.41, 5.74) is 0. The van der Waals surface area contributed by atoms with Crippen LogP contribution in [0, 0.1) is 0 Å². The number of hydrogen-bond donors (Lipinski definition) is 2. The molecule has 2 N–H and O–H groups in total. The third-order valence-corrected chi connectivity index (χ3v) is 5.85. The zero-order valence-electron chi connectivity index (χ0n) is 15.0. The van der Waals surface area contributed by atoms with E-state index in [0.29, 0.717) is 39.0 Å². The van der Waals surface area contributed by atoms with Crippen molar-refractivity contribution < 1.29 is 18.4 Å². The van der Waals surface area contributed by atoms with E-state index in [-0.39, 0.29) is 0 Å². The lowest BCUT2D eigenvalue weighted by Crippen LogP contribution is -2.43. The van der Waals surface area contributed by atoms with Crippen molar-refractivity contribution in [3.05, 3.63) is 0 Å². The summed E-state index contributed by atoms with van der Waals surface area (Å²) in [5, 5.41) is 6.66. The molecule has 0 bridgehead atoms. The average molecular weight is 363 g/mol. The summed E-state index contributed by atoms with van der Waals surface area (Å²) in [7, 11) is -3.03. The smallest absolute Gasteiger partial charge is 0.331 e. The van der Waals surface area contributed by atoms with Crippen LogP contribution in [0.2, 0.25) is 0 Å². The predicted molar refractivity (Wildman–Crippen MR) is 95.2 cm³/mol. The van der Waals surface area contributed by atoms with Crippen LogP contribution in [0.3, 0.4) is 0 Å². The van der Waals surface area contributed by atoms with Crippen molar-refractivity contribution in [2.24, 2.45) is 0 Å². The highest BCUT2D eigenvalue weighted by Crippen LogP contribution is 2.47. The van der Waals surface area contributed by atoms with Crippen molar-refractivity contribution in [1.82, 2.24) is 20.4 Å². The standard InChI is InChI=1S/C15H32N4O4P/c1-3-22-24(21,23-4-2)14-13-18-9-7-16-5-6-17-8-10-19(15-20)12-11-18/h16-17H,3-14H2,1-2H3/q-1. The molecule has 0 saturated carbocycles. The highest BCUT2D eigenvalue weighted by Gasteiger charge is 2.24. The van der Waals surface area contributed by atoms with Crippen LogP contribution in [-0.2, 0) is 18.4 Å². The fraction of sp³-hybridized carbons (Fsp3) is 0.933. The fourth-order valence-electron chi connectivity index (χ4n) is 2.50. The van der Waals surface area contributed by atoms with E-state index in [1.165, 1.54) is 0 Å². The van der Waals surface area contributed by atoms with Gasteiger partial charge in [0.2, 0.25) is 0 Å². The van der Waals surface area contributed by atoms with E-state index < -0.39 is 7.60 Å². The molecule has 0 radical (unpaired) electrons. The molecule has 0 aromatic carbocycles. The predicted octanol–water partition coefficient (Wildman–Crippen LogP) is 0.117. The van der Waals surface area contributed by atoms with Gasteiger partial charge in [-0.2, -0.15) is 6.41 Å². The first-order valence-electron chi connectivity index (χ1n) is 8.78. The molecule has 0 aliphatic carbocycles. The van der Waals surface area contributed by atoms with Crippen molar-refractivity contribution in [2.75, 3.05) is 78.3 Å². The first kappa shape index (κ1) is 21.5. The van der Waals surface area contributed by atoms with Crippen LogP contribution in [0.4, 0.5) is 0 Å². The van der Waals surface area contributed by atoms with Gasteiger partial charge in [-0.1, -0.05) is 0 Å². The van der Waals surface area contributed by atoms with Gasteiger partial charge < -0.3 is 29.4 Å². The van der Waals surface area contributed by atoms with Crippen LogP contribution in [0.1, 0.15) is 13.8 Å². The maximum atomic E-state index is 12.6. The second-order valence-electron chi connectivity index (χ2n) is 5.59. The number of carbonyl (C=O) groups excluding carboxylic acids is 1. The number of amides is 1. The highest BCUT2D eigenvalue weighted by atomic mass is 31.2. The Labute approximate surface area is 145 Å². The van der Waals surface area contributed by atoms with E-state index in [2.05, 4.69) is 15.5 Å². The number of hydrogen-bond acceptors (Lipinski definition) is 7. The minimum Gasteiger partial charge on any atom is -0.520 e. The molecule has 1 amide bonds. The number of nitrogens with zero attached hydrogens (tertiary/aromatic N) is 2. The van der Waals surface area contributed by atoms with Crippen LogP contribution in [0.5, 0.6) is 0 Å². The molecule has 1 aliphatic heterocycles. The Morgan fingerprint density at radius 3 is 2.17 bits per heavy atom. The molecule has 1 rings (SSSR count). The zero-order chi connectivity index (χ0) is 17.7. The summed E-state index contributed by atoms with van der Waals surface area (Å²) in [5.74, 6) is 0. The van der Waals surface area contributed by atoms with Gasteiger partial charge in [0.25, 0.3) is 0 Å². The molecule has 0 spiro atoms. The molecule has 9 heteroatoms. The van der Waals surface area contributed by atoms with E-state index >= 15 is 0 Å². The summed E-state index contributed by atoms with van der Waals surface area (Å²) in [6, 6.07) is 0. The molecule has 0 aromatic rings. The molecule has 0 unspecified atom stereocenters. The topological polar surface area (TPSA) is 83.1 Å². The molecule has 24 heavy (non-hydrogen) atoms. The van der Waals surface area contributed by atoms with Crippen molar-refractivity contribution in [3.63, 3.8) is 0 Å². The fourth-order valence-corrected chi connectivity index (χ4v) is 4.15. The van der Waals surface area contributed by atoms with Gasteiger partial charge in [0.05, 0.1) is 19.4 Å². The molecule has 1 aliphatic rings. The van der Waals surface area contributed by atoms with Crippen LogP contribution in [0.15, 0.2) is 0 Å².